The average Bonchev–Trinajstić information content (AvgIpc) is 3.37. The third-order valence-electron chi connectivity index (χ3n) is 5.80. The Hall–Kier alpha value is -4.18. The summed E-state index contributed by atoms with van der Waals surface area (Å²) in [5, 5.41) is 2.69. The Labute approximate surface area is 214 Å². The van der Waals surface area contributed by atoms with Crippen LogP contribution in [0.4, 0.5) is 4.79 Å². The molecule has 1 saturated heterocycles. The van der Waals surface area contributed by atoms with E-state index in [9.17, 15) is 14.4 Å². The summed E-state index contributed by atoms with van der Waals surface area (Å²) in [7, 11) is 0. The number of carbonyl (C=O) groups excluding carboxylic acids is 3. The van der Waals surface area contributed by atoms with Crippen LogP contribution in [-0.2, 0) is 32.0 Å². The Kier molecular flexibility index (Phi) is 8.88. The van der Waals surface area contributed by atoms with Gasteiger partial charge in [0.2, 0.25) is 5.91 Å². The number of nitrogens with one attached hydrogen (secondary N) is 2. The van der Waals surface area contributed by atoms with Gasteiger partial charge in [-0.3, -0.25) is 4.79 Å². The fourth-order valence-corrected chi connectivity index (χ4v) is 3.98. The van der Waals surface area contributed by atoms with E-state index in [2.05, 4.69) is 15.3 Å². The molecule has 2 heterocycles. The SMILES string of the molecule is CCOC(=O)c1[nH]c(C[C@@H](NC(=O)OCc2ccccc2)C(=O)N2CCOCC2)nc1-c1ccccc1. The molecule has 0 unspecified atom stereocenters. The molecular weight excluding hydrogens is 476 g/mol. The lowest BCUT2D eigenvalue weighted by Crippen LogP contribution is -2.52. The number of imidazole rings is 1. The molecule has 1 aliphatic rings. The molecule has 0 bridgehead atoms. The molecule has 0 saturated carbocycles. The molecule has 1 atom stereocenters. The highest BCUT2D eigenvalue weighted by Crippen LogP contribution is 2.23. The molecule has 1 aliphatic heterocycles. The first-order valence-corrected chi connectivity index (χ1v) is 12.2. The number of hydrogen-bond donors (Lipinski definition) is 2. The number of carbonyl (C=O) groups is 3. The summed E-state index contributed by atoms with van der Waals surface area (Å²) in [4.78, 5) is 47.9. The van der Waals surface area contributed by atoms with Gasteiger partial charge in [-0.05, 0) is 12.5 Å². The molecule has 2 amide bonds. The van der Waals surface area contributed by atoms with Crippen LogP contribution in [0.2, 0.25) is 0 Å². The van der Waals surface area contributed by atoms with Crippen LogP contribution in [0.25, 0.3) is 11.3 Å². The Bertz CT molecular complexity index is 1190. The molecule has 2 aromatic carbocycles. The second-order valence-corrected chi connectivity index (χ2v) is 8.39. The molecule has 10 nitrogen and oxygen atoms in total. The van der Waals surface area contributed by atoms with Crippen LogP contribution in [0.1, 0.15) is 28.8 Å². The van der Waals surface area contributed by atoms with Crippen LogP contribution in [0.3, 0.4) is 0 Å². The van der Waals surface area contributed by atoms with Crippen molar-refractivity contribution in [3.05, 3.63) is 77.7 Å². The molecule has 1 fully saturated rings. The molecule has 0 radical (unpaired) electrons. The number of alkyl carbamates (subject to hydrolysis) is 1. The van der Waals surface area contributed by atoms with Gasteiger partial charge in [0.1, 0.15) is 24.2 Å². The van der Waals surface area contributed by atoms with E-state index in [1.54, 1.807) is 11.8 Å². The van der Waals surface area contributed by atoms with Crippen LogP contribution >= 0.6 is 0 Å². The minimum Gasteiger partial charge on any atom is -0.461 e. The maximum atomic E-state index is 13.4. The lowest BCUT2D eigenvalue weighted by atomic mass is 10.1. The fraction of sp³-hybridized carbons (Fsp3) is 0.333. The van der Waals surface area contributed by atoms with E-state index in [1.807, 2.05) is 60.7 Å². The van der Waals surface area contributed by atoms with Crippen molar-refractivity contribution in [3.63, 3.8) is 0 Å². The molecule has 0 spiro atoms. The number of amides is 2. The van der Waals surface area contributed by atoms with Gasteiger partial charge in [0.15, 0.2) is 5.69 Å². The number of aromatic nitrogens is 2. The molecule has 10 heteroatoms. The van der Waals surface area contributed by atoms with E-state index in [-0.39, 0.29) is 31.2 Å². The van der Waals surface area contributed by atoms with Crippen LogP contribution in [0.15, 0.2) is 60.7 Å². The predicted octanol–water partition coefficient (Wildman–Crippen LogP) is 2.95. The summed E-state index contributed by atoms with van der Waals surface area (Å²) in [5.41, 5.74) is 2.15. The highest BCUT2D eigenvalue weighted by molar-refractivity contribution is 5.94. The normalized spacial score (nSPS) is 14.0. The second-order valence-electron chi connectivity index (χ2n) is 8.39. The minimum atomic E-state index is -0.966. The summed E-state index contributed by atoms with van der Waals surface area (Å²) in [6, 6.07) is 17.5. The first kappa shape index (κ1) is 25.9. The van der Waals surface area contributed by atoms with E-state index in [4.69, 9.17) is 14.2 Å². The zero-order valence-electron chi connectivity index (χ0n) is 20.6. The molecule has 4 rings (SSSR count). The number of H-pyrrole nitrogens is 1. The first-order chi connectivity index (χ1) is 18.0. The number of rotatable bonds is 9. The number of ether oxygens (including phenoxy) is 3. The van der Waals surface area contributed by atoms with Crippen molar-refractivity contribution in [3.8, 4) is 11.3 Å². The molecule has 2 N–H and O–H groups in total. The summed E-state index contributed by atoms with van der Waals surface area (Å²) in [6.45, 7) is 3.66. The smallest absolute Gasteiger partial charge is 0.408 e. The van der Waals surface area contributed by atoms with Gasteiger partial charge in [-0.25, -0.2) is 14.6 Å². The number of benzene rings is 2. The average molecular weight is 507 g/mol. The zero-order chi connectivity index (χ0) is 26.0. The van der Waals surface area contributed by atoms with Crippen molar-refractivity contribution in [1.29, 1.82) is 0 Å². The van der Waals surface area contributed by atoms with E-state index >= 15 is 0 Å². The lowest BCUT2D eigenvalue weighted by molar-refractivity contribution is -0.137. The summed E-state index contributed by atoms with van der Waals surface area (Å²) in [5.74, 6) is -0.474. The number of morpholine rings is 1. The molecule has 3 aromatic rings. The highest BCUT2D eigenvalue weighted by Gasteiger charge is 2.30. The maximum Gasteiger partial charge on any atom is 0.408 e. The van der Waals surface area contributed by atoms with Gasteiger partial charge >= 0.3 is 12.1 Å². The van der Waals surface area contributed by atoms with Crippen molar-refractivity contribution in [1.82, 2.24) is 20.2 Å². The molecule has 1 aromatic heterocycles. The van der Waals surface area contributed by atoms with Crippen LogP contribution < -0.4 is 5.32 Å². The van der Waals surface area contributed by atoms with Gasteiger partial charge in [0, 0.05) is 25.1 Å². The number of esters is 1. The lowest BCUT2D eigenvalue weighted by Gasteiger charge is -2.30. The Morgan fingerprint density at radius 3 is 2.38 bits per heavy atom. The highest BCUT2D eigenvalue weighted by atomic mass is 16.5. The third-order valence-corrected chi connectivity index (χ3v) is 5.80. The van der Waals surface area contributed by atoms with Gasteiger partial charge in [-0.1, -0.05) is 60.7 Å². The van der Waals surface area contributed by atoms with Gasteiger partial charge in [0.25, 0.3) is 0 Å². The standard InChI is InChI=1S/C27H30N4O6/c1-2-36-26(33)24-23(20-11-7-4-8-12-20)29-22(30-24)17-21(25(32)31-13-15-35-16-14-31)28-27(34)37-18-19-9-5-3-6-10-19/h3-12,21H,2,13-18H2,1H3,(H,28,34)(H,29,30)/t21-/m1/s1. The van der Waals surface area contributed by atoms with Gasteiger partial charge in [-0.15, -0.1) is 0 Å². The van der Waals surface area contributed by atoms with Crippen molar-refractivity contribution < 1.29 is 28.6 Å². The maximum absolute atomic E-state index is 13.4. The Morgan fingerprint density at radius 1 is 1.03 bits per heavy atom. The number of hydrogen-bond acceptors (Lipinski definition) is 7. The van der Waals surface area contributed by atoms with Gasteiger partial charge in [-0.2, -0.15) is 0 Å². The Balaban J connectivity index is 1.55. The van der Waals surface area contributed by atoms with E-state index in [1.165, 1.54) is 0 Å². The first-order valence-electron chi connectivity index (χ1n) is 12.2. The fourth-order valence-electron chi connectivity index (χ4n) is 3.98. The number of nitrogens with zero attached hydrogens (tertiary/aromatic N) is 2. The van der Waals surface area contributed by atoms with E-state index in [0.29, 0.717) is 37.8 Å². The summed E-state index contributed by atoms with van der Waals surface area (Å²) < 4.78 is 15.9. The van der Waals surface area contributed by atoms with E-state index in [0.717, 1.165) is 11.1 Å². The largest absolute Gasteiger partial charge is 0.461 e. The van der Waals surface area contributed by atoms with Gasteiger partial charge in [0.05, 0.1) is 19.8 Å². The predicted molar refractivity (Wildman–Crippen MR) is 135 cm³/mol. The molecular formula is C27H30N4O6. The molecule has 37 heavy (non-hydrogen) atoms. The van der Waals surface area contributed by atoms with Gasteiger partial charge < -0.3 is 29.4 Å². The summed E-state index contributed by atoms with van der Waals surface area (Å²) in [6.07, 6.45) is -0.702. The quantitative estimate of drug-likeness (QED) is 0.428. The van der Waals surface area contributed by atoms with Crippen LogP contribution in [-0.4, -0.2) is 71.8 Å². The van der Waals surface area contributed by atoms with Crippen molar-refractivity contribution in [2.45, 2.75) is 26.0 Å². The van der Waals surface area contributed by atoms with E-state index < -0.39 is 18.1 Å². The minimum absolute atomic E-state index is 0.0237. The van der Waals surface area contributed by atoms with Crippen molar-refractivity contribution >= 4 is 18.0 Å². The van der Waals surface area contributed by atoms with Crippen molar-refractivity contribution in [2.24, 2.45) is 0 Å². The number of aromatic amines is 1. The van der Waals surface area contributed by atoms with Crippen LogP contribution in [0, 0.1) is 0 Å². The molecule has 194 valence electrons. The van der Waals surface area contributed by atoms with Crippen LogP contribution in [0.5, 0.6) is 0 Å². The van der Waals surface area contributed by atoms with Crippen molar-refractivity contribution in [2.75, 3.05) is 32.9 Å². The third kappa shape index (κ3) is 6.95. The molecule has 0 aliphatic carbocycles. The second kappa shape index (κ2) is 12.7. The monoisotopic (exact) mass is 506 g/mol. The summed E-state index contributed by atoms with van der Waals surface area (Å²) >= 11 is 0. The Morgan fingerprint density at radius 2 is 1.70 bits per heavy atom. The topological polar surface area (TPSA) is 123 Å². The zero-order valence-corrected chi connectivity index (χ0v) is 20.6.